The molecule has 0 aliphatic carbocycles. The van der Waals surface area contributed by atoms with Crippen molar-refractivity contribution in [3.05, 3.63) is 46.0 Å². The summed E-state index contributed by atoms with van der Waals surface area (Å²) in [6.07, 6.45) is 3.53. The fourth-order valence-corrected chi connectivity index (χ4v) is 2.55. The Balaban J connectivity index is 2.35. The third kappa shape index (κ3) is 3.02. The molecule has 2 heterocycles. The zero-order valence-corrected chi connectivity index (χ0v) is 12.6. The van der Waals surface area contributed by atoms with Crippen LogP contribution < -0.4 is 5.73 Å². The van der Waals surface area contributed by atoms with Gasteiger partial charge in [-0.2, -0.15) is 5.10 Å². The SMILES string of the molecule is COCCn1ncc(Br)c1C(N)c1cccnc1C. The Morgan fingerprint density at radius 2 is 2.32 bits per heavy atom. The molecule has 0 aliphatic rings. The van der Waals surface area contributed by atoms with Crippen molar-refractivity contribution in [3.8, 4) is 0 Å². The van der Waals surface area contributed by atoms with E-state index in [1.165, 1.54) is 0 Å². The Hall–Kier alpha value is -1.24. The van der Waals surface area contributed by atoms with Crippen LogP contribution in [0.25, 0.3) is 0 Å². The molecule has 0 saturated heterocycles. The van der Waals surface area contributed by atoms with Crippen molar-refractivity contribution in [1.29, 1.82) is 0 Å². The molecule has 0 aliphatic heterocycles. The predicted octanol–water partition coefficient (Wildman–Crippen LogP) is 2.04. The van der Waals surface area contributed by atoms with E-state index in [1.807, 2.05) is 23.7 Å². The number of hydrogen-bond acceptors (Lipinski definition) is 4. The standard InChI is InChI=1S/C13H17BrN4O/c1-9-10(4-3-5-16-9)12(15)13-11(14)8-17-18(13)6-7-19-2/h3-5,8,12H,6-7,15H2,1-2H3. The lowest BCUT2D eigenvalue weighted by Crippen LogP contribution is -2.20. The molecule has 1 unspecified atom stereocenters. The Labute approximate surface area is 120 Å². The molecule has 2 rings (SSSR count). The van der Waals surface area contributed by atoms with E-state index in [4.69, 9.17) is 10.5 Å². The van der Waals surface area contributed by atoms with E-state index in [2.05, 4.69) is 26.0 Å². The van der Waals surface area contributed by atoms with Crippen LogP contribution in [0.1, 0.15) is 23.0 Å². The zero-order valence-electron chi connectivity index (χ0n) is 11.0. The summed E-state index contributed by atoms with van der Waals surface area (Å²) in [7, 11) is 1.67. The molecule has 2 N–H and O–H groups in total. The van der Waals surface area contributed by atoms with Crippen LogP contribution in [-0.2, 0) is 11.3 Å². The Bertz CT molecular complexity index is 555. The average molecular weight is 325 g/mol. The van der Waals surface area contributed by atoms with Crippen molar-refractivity contribution in [2.45, 2.75) is 19.5 Å². The van der Waals surface area contributed by atoms with E-state index in [0.717, 1.165) is 21.4 Å². The Morgan fingerprint density at radius 1 is 1.53 bits per heavy atom. The monoisotopic (exact) mass is 324 g/mol. The number of rotatable bonds is 5. The molecule has 0 fully saturated rings. The van der Waals surface area contributed by atoms with Crippen LogP contribution in [0, 0.1) is 6.92 Å². The molecule has 0 spiro atoms. The first-order valence-corrected chi connectivity index (χ1v) is 6.81. The van der Waals surface area contributed by atoms with Gasteiger partial charge in [0.1, 0.15) is 0 Å². The van der Waals surface area contributed by atoms with Crippen LogP contribution >= 0.6 is 15.9 Å². The number of halogens is 1. The quantitative estimate of drug-likeness (QED) is 0.914. The fraction of sp³-hybridized carbons (Fsp3) is 0.385. The van der Waals surface area contributed by atoms with Crippen LogP contribution in [0.2, 0.25) is 0 Å². The van der Waals surface area contributed by atoms with Crippen molar-refractivity contribution in [2.24, 2.45) is 5.73 Å². The van der Waals surface area contributed by atoms with Crippen LogP contribution in [0.5, 0.6) is 0 Å². The van der Waals surface area contributed by atoms with Crippen molar-refractivity contribution in [3.63, 3.8) is 0 Å². The molecule has 102 valence electrons. The molecule has 5 nitrogen and oxygen atoms in total. The summed E-state index contributed by atoms with van der Waals surface area (Å²) >= 11 is 3.51. The lowest BCUT2D eigenvalue weighted by molar-refractivity contribution is 0.182. The highest BCUT2D eigenvalue weighted by molar-refractivity contribution is 9.10. The molecular weight excluding hydrogens is 308 g/mol. The van der Waals surface area contributed by atoms with Gasteiger partial charge in [-0.1, -0.05) is 6.07 Å². The van der Waals surface area contributed by atoms with Crippen molar-refractivity contribution in [2.75, 3.05) is 13.7 Å². The molecule has 0 amide bonds. The molecule has 6 heteroatoms. The van der Waals surface area contributed by atoms with E-state index in [0.29, 0.717) is 13.2 Å². The minimum atomic E-state index is -0.262. The minimum Gasteiger partial charge on any atom is -0.383 e. The van der Waals surface area contributed by atoms with Crippen LogP contribution in [-0.4, -0.2) is 28.5 Å². The van der Waals surface area contributed by atoms with Crippen LogP contribution in [0.4, 0.5) is 0 Å². The fourth-order valence-electron chi connectivity index (χ4n) is 2.01. The second-order valence-electron chi connectivity index (χ2n) is 4.25. The summed E-state index contributed by atoms with van der Waals surface area (Å²) in [4.78, 5) is 4.28. The van der Waals surface area contributed by atoms with Gasteiger partial charge in [0.05, 0.1) is 35.6 Å². The first kappa shape index (κ1) is 14.2. The molecular formula is C13H17BrN4O. The number of pyridine rings is 1. The number of nitrogens with zero attached hydrogens (tertiary/aromatic N) is 3. The van der Waals surface area contributed by atoms with Gasteiger partial charge >= 0.3 is 0 Å². The van der Waals surface area contributed by atoms with Crippen molar-refractivity contribution in [1.82, 2.24) is 14.8 Å². The van der Waals surface area contributed by atoms with Gasteiger partial charge in [-0.3, -0.25) is 9.67 Å². The molecule has 1 atom stereocenters. The summed E-state index contributed by atoms with van der Waals surface area (Å²) in [5, 5.41) is 4.32. The molecule has 2 aromatic rings. The largest absolute Gasteiger partial charge is 0.383 e. The number of hydrogen-bond donors (Lipinski definition) is 1. The summed E-state index contributed by atoms with van der Waals surface area (Å²) in [6, 6.07) is 3.63. The molecule has 0 radical (unpaired) electrons. The predicted molar refractivity (Wildman–Crippen MR) is 76.8 cm³/mol. The van der Waals surface area contributed by atoms with Gasteiger partial charge in [0.15, 0.2) is 0 Å². The van der Waals surface area contributed by atoms with Gasteiger partial charge in [-0.25, -0.2) is 0 Å². The van der Waals surface area contributed by atoms with E-state index in [-0.39, 0.29) is 6.04 Å². The number of methoxy groups -OCH3 is 1. The van der Waals surface area contributed by atoms with Gasteiger partial charge in [0.25, 0.3) is 0 Å². The molecule has 0 saturated carbocycles. The third-order valence-corrected chi connectivity index (χ3v) is 3.63. The summed E-state index contributed by atoms with van der Waals surface area (Å²) in [5.41, 5.74) is 9.24. The number of nitrogens with two attached hydrogens (primary N) is 1. The van der Waals surface area contributed by atoms with Crippen molar-refractivity contribution < 1.29 is 4.74 Å². The van der Waals surface area contributed by atoms with Crippen molar-refractivity contribution >= 4 is 15.9 Å². The molecule has 19 heavy (non-hydrogen) atoms. The number of aromatic nitrogens is 3. The van der Waals surface area contributed by atoms with Crippen LogP contribution in [0.3, 0.4) is 0 Å². The average Bonchev–Trinajstić information content (AvgIpc) is 2.77. The Kier molecular flexibility index (Phi) is 4.68. The van der Waals surface area contributed by atoms with E-state index in [1.54, 1.807) is 19.5 Å². The topological polar surface area (TPSA) is 66.0 Å². The van der Waals surface area contributed by atoms with Crippen LogP contribution in [0.15, 0.2) is 29.0 Å². The van der Waals surface area contributed by atoms with E-state index >= 15 is 0 Å². The highest BCUT2D eigenvalue weighted by Gasteiger charge is 2.19. The summed E-state index contributed by atoms with van der Waals surface area (Å²) in [5.74, 6) is 0. The smallest absolute Gasteiger partial charge is 0.0752 e. The zero-order chi connectivity index (χ0) is 13.8. The molecule has 0 aromatic carbocycles. The first-order chi connectivity index (χ1) is 9.15. The first-order valence-electron chi connectivity index (χ1n) is 6.02. The summed E-state index contributed by atoms with van der Waals surface area (Å²) < 4.78 is 7.86. The Morgan fingerprint density at radius 3 is 3.00 bits per heavy atom. The minimum absolute atomic E-state index is 0.262. The van der Waals surface area contributed by atoms with Gasteiger partial charge in [0.2, 0.25) is 0 Å². The second kappa shape index (κ2) is 6.27. The maximum absolute atomic E-state index is 6.36. The molecule has 2 aromatic heterocycles. The van der Waals surface area contributed by atoms with Gasteiger partial charge < -0.3 is 10.5 Å². The van der Waals surface area contributed by atoms with E-state index in [9.17, 15) is 0 Å². The lowest BCUT2D eigenvalue weighted by atomic mass is 10.0. The van der Waals surface area contributed by atoms with E-state index < -0.39 is 0 Å². The lowest BCUT2D eigenvalue weighted by Gasteiger charge is -2.16. The van der Waals surface area contributed by atoms with Gasteiger partial charge in [-0.05, 0) is 34.5 Å². The summed E-state index contributed by atoms with van der Waals surface area (Å²) in [6.45, 7) is 3.23. The highest BCUT2D eigenvalue weighted by atomic mass is 79.9. The third-order valence-electron chi connectivity index (χ3n) is 3.02. The van der Waals surface area contributed by atoms with Gasteiger partial charge in [0, 0.05) is 19.0 Å². The second-order valence-corrected chi connectivity index (χ2v) is 5.10. The van der Waals surface area contributed by atoms with Gasteiger partial charge in [-0.15, -0.1) is 0 Å². The maximum atomic E-state index is 6.36. The number of aryl methyl sites for hydroxylation is 1. The number of ether oxygens (including phenoxy) is 1. The normalized spacial score (nSPS) is 12.6. The maximum Gasteiger partial charge on any atom is 0.0752 e. The highest BCUT2D eigenvalue weighted by Crippen LogP contribution is 2.27. The molecule has 0 bridgehead atoms.